The second-order valence-electron chi connectivity index (χ2n) is 4.10. The van der Waals surface area contributed by atoms with E-state index in [2.05, 4.69) is 20.3 Å². The van der Waals surface area contributed by atoms with E-state index in [1.54, 1.807) is 24.4 Å². The van der Waals surface area contributed by atoms with Crippen LogP contribution in [0.3, 0.4) is 0 Å². The van der Waals surface area contributed by atoms with Crippen molar-refractivity contribution in [3.63, 3.8) is 0 Å². The van der Waals surface area contributed by atoms with Gasteiger partial charge in [0.25, 0.3) is 5.91 Å². The second-order valence-corrected chi connectivity index (χ2v) is 4.10. The lowest BCUT2D eigenvalue weighted by Crippen LogP contribution is -2.28. The Morgan fingerprint density at radius 2 is 2.20 bits per heavy atom. The SMILES string of the molecule is O=C(NCCOCC(F)(F)F)c1ccc2[nH]ncc2c1. The molecule has 0 unspecified atom stereocenters. The highest BCUT2D eigenvalue weighted by Crippen LogP contribution is 2.14. The standard InChI is InChI=1S/C12H12F3N3O2/c13-12(14,15)7-20-4-3-16-11(19)8-1-2-10-9(5-8)6-17-18-10/h1-2,5-6H,3-4,7H2,(H,16,19)(H,17,18). The molecule has 0 radical (unpaired) electrons. The number of amides is 1. The lowest BCUT2D eigenvalue weighted by atomic mass is 10.1. The van der Waals surface area contributed by atoms with Gasteiger partial charge < -0.3 is 10.1 Å². The van der Waals surface area contributed by atoms with Crippen molar-refractivity contribution >= 4 is 16.8 Å². The molecule has 1 heterocycles. The molecule has 2 rings (SSSR count). The van der Waals surface area contributed by atoms with Gasteiger partial charge in [0.05, 0.1) is 18.3 Å². The smallest absolute Gasteiger partial charge is 0.370 e. The molecule has 8 heteroatoms. The van der Waals surface area contributed by atoms with Crippen LogP contribution in [0.2, 0.25) is 0 Å². The number of hydrogen-bond acceptors (Lipinski definition) is 3. The molecule has 0 bridgehead atoms. The molecule has 0 aliphatic carbocycles. The van der Waals surface area contributed by atoms with Crippen LogP contribution in [0.5, 0.6) is 0 Å². The van der Waals surface area contributed by atoms with Gasteiger partial charge in [-0.15, -0.1) is 0 Å². The number of aromatic nitrogens is 2. The first kappa shape index (κ1) is 14.3. The number of nitrogens with zero attached hydrogens (tertiary/aromatic N) is 1. The third-order valence-electron chi connectivity index (χ3n) is 2.50. The van der Waals surface area contributed by atoms with Gasteiger partial charge in [-0.05, 0) is 18.2 Å². The van der Waals surface area contributed by atoms with Crippen LogP contribution in [0.1, 0.15) is 10.4 Å². The van der Waals surface area contributed by atoms with Crippen LogP contribution in [-0.2, 0) is 4.74 Å². The number of fused-ring (bicyclic) bond motifs is 1. The van der Waals surface area contributed by atoms with Gasteiger partial charge in [-0.2, -0.15) is 18.3 Å². The van der Waals surface area contributed by atoms with Gasteiger partial charge in [0.2, 0.25) is 0 Å². The highest BCUT2D eigenvalue weighted by Gasteiger charge is 2.27. The Morgan fingerprint density at radius 1 is 1.40 bits per heavy atom. The Labute approximate surface area is 112 Å². The van der Waals surface area contributed by atoms with Gasteiger partial charge in [-0.1, -0.05) is 0 Å². The van der Waals surface area contributed by atoms with Crippen LogP contribution >= 0.6 is 0 Å². The molecule has 0 aliphatic rings. The predicted molar refractivity (Wildman–Crippen MR) is 65.3 cm³/mol. The quantitative estimate of drug-likeness (QED) is 0.825. The minimum atomic E-state index is -4.35. The highest BCUT2D eigenvalue weighted by molar-refractivity contribution is 5.97. The topological polar surface area (TPSA) is 67.0 Å². The molecule has 0 atom stereocenters. The number of halogens is 3. The van der Waals surface area contributed by atoms with Crippen molar-refractivity contribution in [1.82, 2.24) is 15.5 Å². The van der Waals surface area contributed by atoms with Crippen molar-refractivity contribution in [3.8, 4) is 0 Å². The lowest BCUT2D eigenvalue weighted by Gasteiger charge is -2.08. The van der Waals surface area contributed by atoms with Gasteiger partial charge >= 0.3 is 6.18 Å². The van der Waals surface area contributed by atoms with E-state index in [0.29, 0.717) is 5.56 Å². The van der Waals surface area contributed by atoms with Gasteiger partial charge in [-0.3, -0.25) is 9.89 Å². The van der Waals surface area contributed by atoms with E-state index in [0.717, 1.165) is 10.9 Å². The average molecular weight is 287 g/mol. The Bertz CT molecular complexity index is 595. The predicted octanol–water partition coefficient (Wildman–Crippen LogP) is 1.87. The summed E-state index contributed by atoms with van der Waals surface area (Å²) in [5.74, 6) is -0.372. The number of benzene rings is 1. The first-order valence-electron chi connectivity index (χ1n) is 5.81. The van der Waals surface area contributed by atoms with Crippen LogP contribution in [0, 0.1) is 0 Å². The zero-order chi connectivity index (χ0) is 14.6. The third-order valence-corrected chi connectivity index (χ3v) is 2.50. The summed E-state index contributed by atoms with van der Waals surface area (Å²) in [7, 11) is 0. The summed E-state index contributed by atoms with van der Waals surface area (Å²) in [5.41, 5.74) is 1.21. The van der Waals surface area contributed by atoms with Crippen LogP contribution < -0.4 is 5.32 Å². The first-order chi connectivity index (χ1) is 9.46. The molecule has 20 heavy (non-hydrogen) atoms. The fourth-order valence-corrected chi connectivity index (χ4v) is 1.61. The fraction of sp³-hybridized carbons (Fsp3) is 0.333. The van der Waals surface area contributed by atoms with Crippen LogP contribution in [0.15, 0.2) is 24.4 Å². The largest absolute Gasteiger partial charge is 0.411 e. The molecule has 2 aromatic rings. The number of ether oxygens (including phenoxy) is 1. The summed E-state index contributed by atoms with van der Waals surface area (Å²) in [6.45, 7) is -1.50. The van der Waals surface area contributed by atoms with Gasteiger partial charge in [-0.25, -0.2) is 0 Å². The molecule has 0 saturated carbocycles. The van der Waals surface area contributed by atoms with Crippen molar-refractivity contribution in [2.75, 3.05) is 19.8 Å². The third kappa shape index (κ3) is 3.95. The van der Waals surface area contributed by atoms with Crippen LogP contribution in [0.4, 0.5) is 13.2 Å². The molecule has 1 aromatic heterocycles. The number of nitrogens with one attached hydrogen (secondary N) is 2. The summed E-state index contributed by atoms with van der Waals surface area (Å²) in [4.78, 5) is 11.8. The molecular weight excluding hydrogens is 275 g/mol. The molecule has 2 N–H and O–H groups in total. The highest BCUT2D eigenvalue weighted by atomic mass is 19.4. The van der Waals surface area contributed by atoms with E-state index in [1.165, 1.54) is 0 Å². The number of rotatable bonds is 5. The maximum Gasteiger partial charge on any atom is 0.411 e. The Kier molecular flexibility index (Phi) is 4.23. The summed E-state index contributed by atoms with van der Waals surface area (Å²) < 4.78 is 39.8. The monoisotopic (exact) mass is 287 g/mol. The zero-order valence-corrected chi connectivity index (χ0v) is 10.3. The molecule has 108 valence electrons. The maximum absolute atomic E-state index is 11.8. The molecule has 0 saturated heterocycles. The van der Waals surface area contributed by atoms with Gasteiger partial charge in [0.15, 0.2) is 0 Å². The number of carbonyl (C=O) groups is 1. The lowest BCUT2D eigenvalue weighted by molar-refractivity contribution is -0.173. The summed E-state index contributed by atoms with van der Waals surface area (Å²) >= 11 is 0. The van der Waals surface area contributed by atoms with Gasteiger partial charge in [0, 0.05) is 17.5 Å². The number of H-pyrrole nitrogens is 1. The second kappa shape index (κ2) is 5.91. The van der Waals surface area contributed by atoms with Crippen LogP contribution in [-0.4, -0.2) is 42.0 Å². The number of carbonyl (C=O) groups excluding carboxylic acids is 1. The Hall–Kier alpha value is -2.09. The molecule has 0 aliphatic heterocycles. The van der Waals surface area contributed by atoms with Gasteiger partial charge in [0.1, 0.15) is 6.61 Å². The molecule has 1 amide bonds. The number of aromatic amines is 1. The van der Waals surface area contributed by atoms with Crippen molar-refractivity contribution in [3.05, 3.63) is 30.0 Å². The van der Waals surface area contributed by atoms with Crippen LogP contribution in [0.25, 0.3) is 10.9 Å². The average Bonchev–Trinajstić information content (AvgIpc) is 2.83. The summed E-state index contributed by atoms with van der Waals surface area (Å²) in [5, 5.41) is 9.84. The van der Waals surface area contributed by atoms with E-state index in [-0.39, 0.29) is 19.1 Å². The van der Waals surface area contributed by atoms with Crippen molar-refractivity contribution in [2.24, 2.45) is 0 Å². The zero-order valence-electron chi connectivity index (χ0n) is 10.3. The van der Waals surface area contributed by atoms with E-state index < -0.39 is 12.8 Å². The summed E-state index contributed by atoms with van der Waals surface area (Å²) in [6.07, 6.45) is -2.77. The first-order valence-corrected chi connectivity index (χ1v) is 5.81. The van der Waals surface area contributed by atoms with E-state index in [4.69, 9.17) is 0 Å². The Balaban J connectivity index is 1.80. The van der Waals surface area contributed by atoms with Crippen molar-refractivity contribution < 1.29 is 22.7 Å². The molecule has 0 spiro atoms. The minimum absolute atomic E-state index is 0.0122. The normalized spacial score (nSPS) is 11.8. The van der Waals surface area contributed by atoms with E-state index >= 15 is 0 Å². The molecular formula is C12H12F3N3O2. The fourth-order valence-electron chi connectivity index (χ4n) is 1.61. The summed E-state index contributed by atoms with van der Waals surface area (Å²) in [6, 6.07) is 4.95. The molecule has 0 fully saturated rings. The van der Waals surface area contributed by atoms with Crippen molar-refractivity contribution in [1.29, 1.82) is 0 Å². The molecule has 1 aromatic carbocycles. The van der Waals surface area contributed by atoms with E-state index in [1.807, 2.05) is 0 Å². The van der Waals surface area contributed by atoms with Crippen molar-refractivity contribution in [2.45, 2.75) is 6.18 Å². The van der Waals surface area contributed by atoms with E-state index in [9.17, 15) is 18.0 Å². The number of alkyl halides is 3. The minimum Gasteiger partial charge on any atom is -0.370 e. The number of hydrogen-bond donors (Lipinski definition) is 2. The molecule has 5 nitrogen and oxygen atoms in total. The Morgan fingerprint density at radius 3 is 2.95 bits per heavy atom. The maximum atomic E-state index is 11.8.